The summed E-state index contributed by atoms with van der Waals surface area (Å²) in [6.07, 6.45) is 4.54. The lowest BCUT2D eigenvalue weighted by Gasteiger charge is -2.10. The summed E-state index contributed by atoms with van der Waals surface area (Å²) in [5.41, 5.74) is 6.10. The Morgan fingerprint density at radius 3 is 3.00 bits per heavy atom. The lowest BCUT2D eigenvalue weighted by molar-refractivity contribution is -0.115. The zero-order chi connectivity index (χ0) is 13.7. The molecule has 2 heterocycles. The maximum atomic E-state index is 11.9. The number of nitrogens with one attached hydrogen (secondary N) is 1. The molecule has 0 aliphatic heterocycles. The smallest absolute Gasteiger partial charge is 0.237 e. The van der Waals surface area contributed by atoms with Gasteiger partial charge < -0.3 is 11.1 Å². The van der Waals surface area contributed by atoms with E-state index in [9.17, 15) is 4.79 Å². The number of pyridine rings is 1. The summed E-state index contributed by atoms with van der Waals surface area (Å²) >= 11 is 1.21. The van der Waals surface area contributed by atoms with Gasteiger partial charge in [-0.25, -0.2) is 9.97 Å². The van der Waals surface area contributed by atoms with E-state index < -0.39 is 0 Å². The van der Waals surface area contributed by atoms with Crippen molar-refractivity contribution in [2.45, 2.75) is 17.3 Å². The number of nitrogens with zero attached hydrogens (tertiary/aromatic N) is 4. The van der Waals surface area contributed by atoms with Crippen LogP contribution < -0.4 is 11.1 Å². The van der Waals surface area contributed by atoms with E-state index in [0.717, 1.165) is 0 Å². The molecule has 0 aliphatic rings. The number of carbonyl (C=O) groups excluding carboxylic acids is 1. The van der Waals surface area contributed by atoms with Gasteiger partial charge in [0.15, 0.2) is 5.16 Å². The minimum Gasteiger partial charge on any atom is -0.368 e. The van der Waals surface area contributed by atoms with Gasteiger partial charge in [0.05, 0.1) is 17.1 Å². The van der Waals surface area contributed by atoms with Gasteiger partial charge in [-0.05, 0) is 19.1 Å². The number of hydrogen-bond acceptors (Lipinski definition) is 7. The van der Waals surface area contributed by atoms with Crippen LogP contribution in [0.4, 0.5) is 11.6 Å². The Hall–Kier alpha value is -2.22. The lowest BCUT2D eigenvalue weighted by atomic mass is 10.4. The van der Waals surface area contributed by atoms with E-state index in [0.29, 0.717) is 10.8 Å². The van der Waals surface area contributed by atoms with Crippen molar-refractivity contribution in [3.63, 3.8) is 0 Å². The van der Waals surface area contributed by atoms with E-state index >= 15 is 0 Å². The Morgan fingerprint density at radius 1 is 1.47 bits per heavy atom. The minimum atomic E-state index is -0.359. The van der Waals surface area contributed by atoms with Gasteiger partial charge >= 0.3 is 0 Å². The number of aromatic nitrogens is 4. The van der Waals surface area contributed by atoms with Crippen LogP contribution in [0.5, 0.6) is 0 Å². The summed E-state index contributed by atoms with van der Waals surface area (Å²) in [4.78, 5) is 27.4. The third-order valence-corrected chi connectivity index (χ3v) is 3.12. The quantitative estimate of drug-likeness (QED) is 0.801. The SMILES string of the molecule is CC(Sc1ncnc(N)n1)C(=O)Nc1cccnc1. The third kappa shape index (κ3) is 3.88. The fourth-order valence-corrected chi connectivity index (χ4v) is 1.98. The van der Waals surface area contributed by atoms with Gasteiger partial charge in [-0.2, -0.15) is 4.98 Å². The first kappa shape index (κ1) is 13.2. The molecule has 0 aliphatic carbocycles. The maximum absolute atomic E-state index is 11.9. The van der Waals surface area contributed by atoms with Crippen molar-refractivity contribution >= 4 is 29.3 Å². The normalized spacial score (nSPS) is 11.8. The summed E-state index contributed by atoms with van der Waals surface area (Å²) in [5.74, 6) is -0.0191. The van der Waals surface area contributed by atoms with Crippen molar-refractivity contribution in [1.29, 1.82) is 0 Å². The second-order valence-electron chi connectivity index (χ2n) is 3.62. The van der Waals surface area contributed by atoms with Crippen molar-refractivity contribution in [1.82, 2.24) is 19.9 Å². The molecule has 0 saturated heterocycles. The van der Waals surface area contributed by atoms with E-state index in [1.165, 1.54) is 18.1 Å². The van der Waals surface area contributed by atoms with E-state index in [2.05, 4.69) is 25.3 Å². The highest BCUT2D eigenvalue weighted by molar-refractivity contribution is 8.00. The molecule has 2 rings (SSSR count). The first-order valence-corrected chi connectivity index (χ1v) is 6.35. The number of amides is 1. The molecule has 2 aromatic rings. The molecule has 1 atom stereocenters. The number of nitrogens with two attached hydrogens (primary N) is 1. The standard InChI is InChI=1S/C11H12N6OS/c1-7(19-11-15-6-14-10(12)17-11)9(18)16-8-3-2-4-13-5-8/h2-7H,1H3,(H,16,18)(H2,12,14,15,17). The molecule has 1 amide bonds. The largest absolute Gasteiger partial charge is 0.368 e. The van der Waals surface area contributed by atoms with E-state index in [4.69, 9.17) is 5.73 Å². The summed E-state index contributed by atoms with van der Waals surface area (Å²) in [6.45, 7) is 1.76. The Morgan fingerprint density at radius 2 is 2.32 bits per heavy atom. The van der Waals surface area contributed by atoms with E-state index in [-0.39, 0.29) is 17.1 Å². The molecule has 8 heteroatoms. The first-order valence-electron chi connectivity index (χ1n) is 5.47. The Labute approximate surface area is 114 Å². The summed E-state index contributed by atoms with van der Waals surface area (Å²) in [7, 11) is 0. The predicted octanol–water partition coefficient (Wildman–Crippen LogP) is 0.968. The van der Waals surface area contributed by atoms with E-state index in [1.54, 1.807) is 31.5 Å². The van der Waals surface area contributed by atoms with Gasteiger partial charge in [-0.15, -0.1) is 0 Å². The van der Waals surface area contributed by atoms with Gasteiger partial charge in [-0.1, -0.05) is 11.8 Å². The maximum Gasteiger partial charge on any atom is 0.237 e. The Bertz CT molecular complexity index is 564. The fraction of sp³-hybridized carbons (Fsp3) is 0.182. The molecule has 3 N–H and O–H groups in total. The monoisotopic (exact) mass is 276 g/mol. The molecule has 2 aromatic heterocycles. The highest BCUT2D eigenvalue weighted by atomic mass is 32.2. The molecule has 0 aromatic carbocycles. The van der Waals surface area contributed by atoms with Crippen LogP contribution in [0.2, 0.25) is 0 Å². The number of anilines is 2. The number of rotatable bonds is 4. The zero-order valence-corrected chi connectivity index (χ0v) is 11.0. The van der Waals surface area contributed by atoms with Crippen molar-refractivity contribution in [2.24, 2.45) is 0 Å². The molecule has 0 radical (unpaired) electrons. The number of hydrogen-bond donors (Lipinski definition) is 2. The molecule has 7 nitrogen and oxygen atoms in total. The Kier molecular flexibility index (Phi) is 4.24. The number of carbonyl (C=O) groups is 1. The molecule has 0 bridgehead atoms. The van der Waals surface area contributed by atoms with Gasteiger partial charge in [0.2, 0.25) is 11.9 Å². The summed E-state index contributed by atoms with van der Waals surface area (Å²) in [6, 6.07) is 3.52. The predicted molar refractivity (Wildman–Crippen MR) is 72.4 cm³/mol. The molecule has 0 fully saturated rings. The van der Waals surface area contributed by atoms with Crippen LogP contribution in [-0.4, -0.2) is 31.1 Å². The highest BCUT2D eigenvalue weighted by Gasteiger charge is 2.16. The zero-order valence-electron chi connectivity index (χ0n) is 10.1. The van der Waals surface area contributed by atoms with E-state index in [1.807, 2.05) is 0 Å². The van der Waals surface area contributed by atoms with Crippen LogP contribution in [0.3, 0.4) is 0 Å². The summed E-state index contributed by atoms with van der Waals surface area (Å²) in [5, 5.41) is 2.81. The first-order chi connectivity index (χ1) is 9.15. The average Bonchev–Trinajstić information content (AvgIpc) is 2.40. The van der Waals surface area contributed by atoms with Crippen LogP contribution in [-0.2, 0) is 4.79 Å². The number of thioether (sulfide) groups is 1. The van der Waals surface area contributed by atoms with Crippen molar-refractivity contribution < 1.29 is 4.79 Å². The molecular weight excluding hydrogens is 264 g/mol. The third-order valence-electron chi connectivity index (χ3n) is 2.15. The van der Waals surface area contributed by atoms with Crippen molar-refractivity contribution in [3.8, 4) is 0 Å². The topological polar surface area (TPSA) is 107 Å². The van der Waals surface area contributed by atoms with Gasteiger partial charge in [-0.3, -0.25) is 9.78 Å². The van der Waals surface area contributed by atoms with Gasteiger partial charge in [0, 0.05) is 6.20 Å². The van der Waals surface area contributed by atoms with Crippen molar-refractivity contribution in [3.05, 3.63) is 30.9 Å². The van der Waals surface area contributed by atoms with Crippen LogP contribution in [0.25, 0.3) is 0 Å². The van der Waals surface area contributed by atoms with Crippen LogP contribution in [0.1, 0.15) is 6.92 Å². The fourth-order valence-electron chi connectivity index (χ4n) is 1.24. The molecule has 19 heavy (non-hydrogen) atoms. The van der Waals surface area contributed by atoms with Crippen LogP contribution in [0.15, 0.2) is 36.0 Å². The lowest BCUT2D eigenvalue weighted by Crippen LogP contribution is -2.22. The van der Waals surface area contributed by atoms with Gasteiger partial charge in [0.25, 0.3) is 0 Å². The molecule has 98 valence electrons. The van der Waals surface area contributed by atoms with Crippen LogP contribution >= 0.6 is 11.8 Å². The molecular formula is C11H12N6OS. The second-order valence-corrected chi connectivity index (χ2v) is 4.93. The average molecular weight is 276 g/mol. The molecule has 1 unspecified atom stereocenters. The van der Waals surface area contributed by atoms with Crippen LogP contribution in [0, 0.1) is 0 Å². The highest BCUT2D eigenvalue weighted by Crippen LogP contribution is 2.20. The Balaban J connectivity index is 1.96. The van der Waals surface area contributed by atoms with Gasteiger partial charge in [0.1, 0.15) is 6.33 Å². The summed E-state index contributed by atoms with van der Waals surface area (Å²) < 4.78 is 0. The molecule has 0 spiro atoms. The number of nitrogen functional groups attached to an aromatic ring is 1. The second kappa shape index (κ2) is 6.10. The minimum absolute atomic E-state index is 0.136. The van der Waals surface area contributed by atoms with Crippen molar-refractivity contribution in [2.75, 3.05) is 11.1 Å². The molecule has 0 saturated carbocycles.